The average molecular weight is 430 g/mol. The van der Waals surface area contributed by atoms with Crippen LogP contribution in [0.15, 0.2) is 30.3 Å². The fourth-order valence-corrected chi connectivity index (χ4v) is 3.50. The highest BCUT2D eigenvalue weighted by Crippen LogP contribution is 2.42. The number of nitrogens with two attached hydrogens (primary N) is 1. The SMILES string of the molecule is Cc1cc(F)c(OC(C)(C)c2nnc(-c3ccc(C(N)=O)cc3F)n2C2CC2)c(F)c1. The Kier molecular flexibility index (Phi) is 4.99. The van der Waals surface area contributed by atoms with Crippen molar-refractivity contribution in [1.29, 1.82) is 0 Å². The van der Waals surface area contributed by atoms with E-state index in [-0.39, 0.29) is 23.0 Å². The first kappa shape index (κ1) is 20.9. The minimum Gasteiger partial charge on any atom is -0.474 e. The molecule has 0 spiro atoms. The number of amides is 1. The Bertz CT molecular complexity index is 1160. The van der Waals surface area contributed by atoms with Gasteiger partial charge in [0.15, 0.2) is 34.6 Å². The summed E-state index contributed by atoms with van der Waals surface area (Å²) in [6, 6.07) is 6.23. The minimum absolute atomic E-state index is 0.00537. The molecule has 0 unspecified atom stereocenters. The van der Waals surface area contributed by atoms with Crippen LogP contribution >= 0.6 is 0 Å². The van der Waals surface area contributed by atoms with Gasteiger partial charge in [-0.15, -0.1) is 10.2 Å². The van der Waals surface area contributed by atoms with Crippen molar-refractivity contribution >= 4 is 5.91 Å². The minimum atomic E-state index is -1.27. The van der Waals surface area contributed by atoms with E-state index in [9.17, 15) is 18.0 Å². The van der Waals surface area contributed by atoms with Gasteiger partial charge in [0.25, 0.3) is 0 Å². The Balaban J connectivity index is 1.77. The largest absolute Gasteiger partial charge is 0.474 e. The number of carbonyl (C=O) groups excluding carboxylic acids is 1. The molecule has 9 heteroatoms. The van der Waals surface area contributed by atoms with Crippen molar-refractivity contribution in [2.24, 2.45) is 5.73 Å². The summed E-state index contributed by atoms with van der Waals surface area (Å²) in [7, 11) is 0. The predicted molar refractivity (Wildman–Crippen MR) is 107 cm³/mol. The lowest BCUT2D eigenvalue weighted by molar-refractivity contribution is 0.0824. The normalized spacial score (nSPS) is 14.0. The molecular formula is C22H21F3N4O2. The lowest BCUT2D eigenvalue weighted by atomic mass is 10.1. The van der Waals surface area contributed by atoms with E-state index in [0.29, 0.717) is 11.4 Å². The monoisotopic (exact) mass is 430 g/mol. The third kappa shape index (κ3) is 3.87. The van der Waals surface area contributed by atoms with Crippen molar-refractivity contribution in [3.63, 3.8) is 0 Å². The molecule has 1 fully saturated rings. The Morgan fingerprint density at radius 1 is 1.10 bits per heavy atom. The molecule has 1 heterocycles. The van der Waals surface area contributed by atoms with Crippen molar-refractivity contribution < 1.29 is 22.7 Å². The summed E-state index contributed by atoms with van der Waals surface area (Å²) in [6.07, 6.45) is 1.64. The highest BCUT2D eigenvalue weighted by molar-refractivity contribution is 5.93. The van der Waals surface area contributed by atoms with Gasteiger partial charge in [-0.25, -0.2) is 13.2 Å². The van der Waals surface area contributed by atoms with Gasteiger partial charge in [0.2, 0.25) is 5.91 Å². The van der Waals surface area contributed by atoms with Crippen molar-refractivity contribution in [3.05, 3.63) is 64.7 Å². The van der Waals surface area contributed by atoms with Crippen LogP contribution in [-0.4, -0.2) is 20.7 Å². The fourth-order valence-electron chi connectivity index (χ4n) is 3.50. The third-order valence-electron chi connectivity index (χ3n) is 5.14. The van der Waals surface area contributed by atoms with Gasteiger partial charge < -0.3 is 15.0 Å². The second-order valence-electron chi connectivity index (χ2n) is 8.18. The molecule has 4 rings (SSSR count). The van der Waals surface area contributed by atoms with Crippen LogP contribution in [0.3, 0.4) is 0 Å². The Morgan fingerprint density at radius 2 is 1.74 bits per heavy atom. The number of rotatable bonds is 6. The van der Waals surface area contributed by atoms with Crippen molar-refractivity contribution in [2.75, 3.05) is 0 Å². The van der Waals surface area contributed by atoms with Gasteiger partial charge in [-0.3, -0.25) is 4.79 Å². The van der Waals surface area contributed by atoms with Gasteiger partial charge in [-0.05, 0) is 69.5 Å². The fraction of sp³-hybridized carbons (Fsp3) is 0.318. The van der Waals surface area contributed by atoms with E-state index in [1.807, 2.05) is 0 Å². The number of ether oxygens (including phenoxy) is 1. The quantitative estimate of drug-likeness (QED) is 0.628. The van der Waals surface area contributed by atoms with E-state index in [2.05, 4.69) is 10.2 Å². The molecular weight excluding hydrogens is 409 g/mol. The van der Waals surface area contributed by atoms with Crippen LogP contribution in [0.1, 0.15) is 54.5 Å². The lowest BCUT2D eigenvalue weighted by Crippen LogP contribution is -2.30. The van der Waals surface area contributed by atoms with Crippen LogP contribution in [0.4, 0.5) is 13.2 Å². The molecule has 1 aliphatic carbocycles. The van der Waals surface area contributed by atoms with Crippen molar-refractivity contribution in [1.82, 2.24) is 14.8 Å². The molecule has 1 aromatic heterocycles. The Morgan fingerprint density at radius 3 is 2.29 bits per heavy atom. The molecule has 0 bridgehead atoms. The molecule has 1 aliphatic rings. The molecule has 0 saturated heterocycles. The van der Waals surface area contributed by atoms with Gasteiger partial charge >= 0.3 is 0 Å². The van der Waals surface area contributed by atoms with Crippen LogP contribution < -0.4 is 10.5 Å². The Hall–Kier alpha value is -3.36. The van der Waals surface area contributed by atoms with Gasteiger partial charge in [0.05, 0.1) is 5.56 Å². The summed E-state index contributed by atoms with van der Waals surface area (Å²) >= 11 is 0. The summed E-state index contributed by atoms with van der Waals surface area (Å²) < 4.78 is 50.9. The van der Waals surface area contributed by atoms with Crippen LogP contribution in [0.2, 0.25) is 0 Å². The molecule has 31 heavy (non-hydrogen) atoms. The van der Waals surface area contributed by atoms with E-state index in [1.54, 1.807) is 25.3 Å². The first-order valence-electron chi connectivity index (χ1n) is 9.78. The zero-order valence-corrected chi connectivity index (χ0v) is 17.2. The van der Waals surface area contributed by atoms with Crippen LogP contribution in [-0.2, 0) is 5.60 Å². The maximum Gasteiger partial charge on any atom is 0.248 e. The summed E-state index contributed by atoms with van der Waals surface area (Å²) in [4.78, 5) is 11.3. The third-order valence-corrected chi connectivity index (χ3v) is 5.14. The van der Waals surface area contributed by atoms with E-state index < -0.39 is 34.7 Å². The van der Waals surface area contributed by atoms with Crippen molar-refractivity contribution in [2.45, 2.75) is 45.3 Å². The molecule has 6 nitrogen and oxygen atoms in total. The van der Waals surface area contributed by atoms with Crippen LogP contribution in [0.5, 0.6) is 5.75 Å². The summed E-state index contributed by atoms with van der Waals surface area (Å²) in [5, 5.41) is 8.32. The standard InChI is InChI=1S/C22H21F3N4O2/c1-11-8-16(24)18(17(25)9-11)31-22(2,3)21-28-27-20(29(21)13-5-6-13)14-7-4-12(19(26)30)10-15(14)23/h4,7-10,13H,5-6H2,1-3H3,(H2,26,30). The van der Waals surface area contributed by atoms with Crippen LogP contribution in [0.25, 0.3) is 11.4 Å². The number of halogens is 3. The molecule has 0 atom stereocenters. The Labute approximate surface area is 176 Å². The number of aryl methyl sites for hydroxylation is 1. The molecule has 0 aliphatic heterocycles. The van der Waals surface area contributed by atoms with E-state index >= 15 is 0 Å². The molecule has 2 N–H and O–H groups in total. The zero-order valence-electron chi connectivity index (χ0n) is 17.2. The second kappa shape index (κ2) is 7.40. The maximum atomic E-state index is 14.7. The van der Waals surface area contributed by atoms with Gasteiger partial charge in [-0.2, -0.15) is 0 Å². The number of hydrogen-bond donors (Lipinski definition) is 1. The summed E-state index contributed by atoms with van der Waals surface area (Å²) in [5.41, 5.74) is 4.54. The van der Waals surface area contributed by atoms with Crippen molar-refractivity contribution in [3.8, 4) is 17.1 Å². The van der Waals surface area contributed by atoms with E-state index in [4.69, 9.17) is 10.5 Å². The number of aromatic nitrogens is 3. The van der Waals surface area contributed by atoms with E-state index in [0.717, 1.165) is 18.9 Å². The first-order chi connectivity index (χ1) is 14.6. The predicted octanol–water partition coefficient (Wildman–Crippen LogP) is 4.42. The van der Waals surface area contributed by atoms with Gasteiger partial charge in [-0.1, -0.05) is 0 Å². The smallest absolute Gasteiger partial charge is 0.248 e. The lowest BCUT2D eigenvalue weighted by Gasteiger charge is -2.27. The topological polar surface area (TPSA) is 83.0 Å². The zero-order chi connectivity index (χ0) is 22.5. The van der Waals surface area contributed by atoms with Crippen LogP contribution in [0, 0.1) is 24.4 Å². The number of nitrogens with zero attached hydrogens (tertiary/aromatic N) is 3. The molecule has 162 valence electrons. The molecule has 1 amide bonds. The van der Waals surface area contributed by atoms with E-state index in [1.165, 1.54) is 24.3 Å². The first-order valence-corrected chi connectivity index (χ1v) is 9.78. The average Bonchev–Trinajstić information content (AvgIpc) is 3.42. The highest BCUT2D eigenvalue weighted by Gasteiger charge is 2.38. The number of benzene rings is 2. The molecule has 2 aromatic carbocycles. The highest BCUT2D eigenvalue weighted by atomic mass is 19.1. The molecule has 1 saturated carbocycles. The molecule has 0 radical (unpaired) electrons. The maximum absolute atomic E-state index is 14.7. The summed E-state index contributed by atoms with van der Waals surface area (Å²) in [6.45, 7) is 4.81. The van der Waals surface area contributed by atoms with Gasteiger partial charge in [0, 0.05) is 11.6 Å². The number of hydrogen-bond acceptors (Lipinski definition) is 4. The number of primary amides is 1. The second-order valence-corrected chi connectivity index (χ2v) is 8.18. The molecule has 3 aromatic rings. The summed E-state index contributed by atoms with van der Waals surface area (Å²) in [5.74, 6) is -3.03. The number of carbonyl (C=O) groups is 1. The van der Waals surface area contributed by atoms with Gasteiger partial charge in [0.1, 0.15) is 5.82 Å².